The van der Waals surface area contributed by atoms with E-state index in [0.29, 0.717) is 35.5 Å². The van der Waals surface area contributed by atoms with Crippen LogP contribution in [0.1, 0.15) is 29.5 Å². The molecular weight excluding hydrogens is 561 g/mol. The molecule has 0 radical (unpaired) electrons. The number of nitrogen functional groups attached to an aromatic ring is 2. The van der Waals surface area contributed by atoms with Crippen LogP contribution >= 0.6 is 0 Å². The number of carbonyl (C=O) groups is 1. The Bertz CT molecular complexity index is 1360. The van der Waals surface area contributed by atoms with Crippen molar-refractivity contribution in [3.05, 3.63) is 89.0 Å². The third-order valence-electron chi connectivity index (χ3n) is 5.43. The normalized spacial score (nSPS) is 12.0. The maximum atomic E-state index is 14.6. The average molecular weight is 587 g/mol. The highest BCUT2D eigenvalue weighted by atomic mass is 19.4. The summed E-state index contributed by atoms with van der Waals surface area (Å²) in [6.07, 6.45) is -7.62. The Morgan fingerprint density at radius 1 is 0.854 bits per heavy atom. The molecule has 4 N–H and O–H groups in total. The number of ether oxygens (including phenoxy) is 3. The van der Waals surface area contributed by atoms with Crippen molar-refractivity contribution in [3.63, 3.8) is 0 Å². The maximum absolute atomic E-state index is 14.6. The number of esters is 1. The van der Waals surface area contributed by atoms with E-state index in [1.807, 2.05) is 0 Å². The number of nitrogens with two attached hydrogens (primary N) is 2. The summed E-state index contributed by atoms with van der Waals surface area (Å²) in [5, 5.41) is 0. The van der Waals surface area contributed by atoms with E-state index in [2.05, 4.69) is 4.74 Å². The highest BCUT2D eigenvalue weighted by molar-refractivity contribution is 5.87. The number of rotatable bonds is 12. The molecule has 0 saturated carbocycles. The fourth-order valence-corrected chi connectivity index (χ4v) is 3.54. The van der Waals surface area contributed by atoms with E-state index >= 15 is 0 Å². The van der Waals surface area contributed by atoms with Gasteiger partial charge in [-0.25, -0.2) is 9.18 Å². The molecule has 0 spiro atoms. The lowest BCUT2D eigenvalue weighted by molar-refractivity contribution is -0.187. The van der Waals surface area contributed by atoms with Crippen molar-refractivity contribution in [2.24, 2.45) is 0 Å². The standard InChI is InChI=1S/C28H25F7N2O4/c29-25-22(7-8-23(26(25)30)39-12-1-11-27(31,32)33)28(34,35)41-21-5-2-17(3-6-21)4-9-24(38)40-13-10-18-14-19(36)16-20(37)15-18/h2-9,14-16H,1,10-13,36-37H2/b9-4+. The lowest BCUT2D eigenvalue weighted by Gasteiger charge is -2.20. The first-order valence-corrected chi connectivity index (χ1v) is 12.1. The SMILES string of the molecule is Nc1cc(N)cc(CCOC(=O)/C=C/c2ccc(OC(F)(F)c3ccc(OCCCC(F)(F)F)c(F)c3F)cc2)c1. The van der Waals surface area contributed by atoms with Gasteiger partial charge in [0.15, 0.2) is 11.6 Å². The van der Waals surface area contributed by atoms with Crippen LogP contribution in [-0.2, 0) is 22.1 Å². The summed E-state index contributed by atoms with van der Waals surface area (Å²) in [6, 6.07) is 11.1. The third kappa shape index (κ3) is 9.62. The van der Waals surface area contributed by atoms with Gasteiger partial charge in [0.2, 0.25) is 5.82 Å². The second-order valence-electron chi connectivity index (χ2n) is 8.75. The van der Waals surface area contributed by atoms with Crippen LogP contribution in [0, 0.1) is 11.6 Å². The Labute approximate surface area is 230 Å². The molecule has 0 aliphatic heterocycles. The van der Waals surface area contributed by atoms with Crippen molar-refractivity contribution in [2.75, 3.05) is 24.7 Å². The largest absolute Gasteiger partial charge is 0.490 e. The number of hydrogen-bond donors (Lipinski definition) is 2. The maximum Gasteiger partial charge on any atom is 0.429 e. The molecule has 0 bridgehead atoms. The van der Waals surface area contributed by atoms with Gasteiger partial charge in [-0.2, -0.15) is 26.3 Å². The fraction of sp³-hybridized carbons (Fsp3) is 0.250. The van der Waals surface area contributed by atoms with Gasteiger partial charge in [-0.1, -0.05) is 12.1 Å². The molecule has 0 saturated heterocycles. The lowest BCUT2D eigenvalue weighted by Crippen LogP contribution is -2.24. The summed E-state index contributed by atoms with van der Waals surface area (Å²) in [4.78, 5) is 11.9. The Morgan fingerprint density at radius 3 is 2.15 bits per heavy atom. The van der Waals surface area contributed by atoms with Crippen LogP contribution < -0.4 is 20.9 Å². The smallest absolute Gasteiger partial charge is 0.429 e. The van der Waals surface area contributed by atoms with Gasteiger partial charge in [-0.05, 0) is 66.1 Å². The fourth-order valence-electron chi connectivity index (χ4n) is 3.54. The van der Waals surface area contributed by atoms with Gasteiger partial charge < -0.3 is 25.7 Å². The van der Waals surface area contributed by atoms with Crippen molar-refractivity contribution >= 4 is 23.4 Å². The molecule has 3 rings (SSSR count). The number of halogens is 7. The molecule has 13 heteroatoms. The van der Waals surface area contributed by atoms with Gasteiger partial charge in [0.1, 0.15) is 11.3 Å². The summed E-state index contributed by atoms with van der Waals surface area (Å²) in [6.45, 7) is -0.532. The number of hydrogen-bond acceptors (Lipinski definition) is 6. The van der Waals surface area contributed by atoms with Crippen molar-refractivity contribution < 1.29 is 49.7 Å². The summed E-state index contributed by atoms with van der Waals surface area (Å²) >= 11 is 0. The van der Waals surface area contributed by atoms with Crippen LogP contribution in [0.4, 0.5) is 42.1 Å². The molecule has 3 aromatic rings. The van der Waals surface area contributed by atoms with Crippen LogP contribution in [0.2, 0.25) is 0 Å². The molecule has 0 unspecified atom stereocenters. The van der Waals surface area contributed by atoms with Crippen LogP contribution in [0.5, 0.6) is 11.5 Å². The van der Waals surface area contributed by atoms with Crippen molar-refractivity contribution in [2.45, 2.75) is 31.5 Å². The molecule has 0 aromatic heterocycles. The molecule has 0 aliphatic carbocycles. The van der Waals surface area contributed by atoms with Crippen LogP contribution in [0.25, 0.3) is 6.08 Å². The van der Waals surface area contributed by atoms with Crippen LogP contribution in [-0.4, -0.2) is 25.4 Å². The summed E-state index contributed by atoms with van der Waals surface area (Å²) in [5.74, 6) is -5.63. The predicted octanol–water partition coefficient (Wildman–Crippen LogP) is 6.78. The molecule has 0 fully saturated rings. The van der Waals surface area contributed by atoms with Crippen LogP contribution in [0.15, 0.2) is 60.7 Å². The minimum atomic E-state index is -4.45. The van der Waals surface area contributed by atoms with E-state index in [-0.39, 0.29) is 6.61 Å². The number of anilines is 2. The van der Waals surface area contributed by atoms with Gasteiger partial charge in [0, 0.05) is 30.3 Å². The number of carbonyl (C=O) groups excluding carboxylic acids is 1. The molecular formula is C28H25F7N2O4. The Hall–Kier alpha value is -4.42. The third-order valence-corrected chi connectivity index (χ3v) is 5.43. The molecule has 3 aromatic carbocycles. The summed E-state index contributed by atoms with van der Waals surface area (Å²) < 4.78 is 109. The van der Waals surface area contributed by atoms with E-state index < -0.39 is 66.4 Å². The zero-order valence-corrected chi connectivity index (χ0v) is 21.3. The van der Waals surface area contributed by atoms with E-state index in [4.69, 9.17) is 20.9 Å². The second-order valence-corrected chi connectivity index (χ2v) is 8.75. The van der Waals surface area contributed by atoms with Gasteiger partial charge in [0.05, 0.1) is 13.2 Å². The predicted molar refractivity (Wildman–Crippen MR) is 137 cm³/mol. The molecule has 0 aliphatic rings. The number of alkyl halides is 5. The quantitative estimate of drug-likeness (QED) is 0.0799. The molecule has 0 heterocycles. The monoisotopic (exact) mass is 586 g/mol. The molecule has 6 nitrogen and oxygen atoms in total. The Kier molecular flexibility index (Phi) is 10.1. The second kappa shape index (κ2) is 13.3. The van der Waals surface area contributed by atoms with Crippen molar-refractivity contribution in [3.8, 4) is 11.5 Å². The van der Waals surface area contributed by atoms with Crippen molar-refractivity contribution in [1.82, 2.24) is 0 Å². The first kappa shape index (κ1) is 31.1. The minimum absolute atomic E-state index is 0.0657. The first-order chi connectivity index (χ1) is 19.2. The Balaban J connectivity index is 1.54. The van der Waals surface area contributed by atoms with Gasteiger partial charge in [0.25, 0.3) is 0 Å². The average Bonchev–Trinajstić information content (AvgIpc) is 2.87. The molecule has 41 heavy (non-hydrogen) atoms. The summed E-state index contributed by atoms with van der Waals surface area (Å²) in [7, 11) is 0. The highest BCUT2D eigenvalue weighted by Gasteiger charge is 2.39. The van der Waals surface area contributed by atoms with Gasteiger partial charge in [-0.15, -0.1) is 0 Å². The van der Waals surface area contributed by atoms with E-state index in [1.54, 1.807) is 18.2 Å². The van der Waals surface area contributed by atoms with E-state index in [9.17, 15) is 35.5 Å². The summed E-state index contributed by atoms with van der Waals surface area (Å²) in [5.41, 5.74) is 12.2. The minimum Gasteiger partial charge on any atom is -0.490 e. The van der Waals surface area contributed by atoms with E-state index in [1.165, 1.54) is 18.2 Å². The molecule has 0 amide bonds. The molecule has 220 valence electrons. The number of benzene rings is 3. The Morgan fingerprint density at radius 2 is 1.51 bits per heavy atom. The molecule has 0 atom stereocenters. The zero-order chi connectivity index (χ0) is 30.2. The lowest BCUT2D eigenvalue weighted by atomic mass is 10.1. The zero-order valence-electron chi connectivity index (χ0n) is 21.3. The van der Waals surface area contributed by atoms with Gasteiger partial charge in [-0.3, -0.25) is 0 Å². The van der Waals surface area contributed by atoms with Crippen molar-refractivity contribution in [1.29, 1.82) is 0 Å². The first-order valence-electron chi connectivity index (χ1n) is 12.1. The van der Waals surface area contributed by atoms with Crippen LogP contribution in [0.3, 0.4) is 0 Å². The highest BCUT2D eigenvalue weighted by Crippen LogP contribution is 2.36. The van der Waals surface area contributed by atoms with E-state index in [0.717, 1.165) is 23.8 Å². The topological polar surface area (TPSA) is 96.8 Å². The van der Waals surface area contributed by atoms with Gasteiger partial charge >= 0.3 is 18.3 Å².